The highest BCUT2D eigenvalue weighted by Gasteiger charge is 2.07. The Hall–Kier alpha value is -1.48. The van der Waals surface area contributed by atoms with Crippen LogP contribution < -0.4 is 9.47 Å². The van der Waals surface area contributed by atoms with E-state index in [4.69, 9.17) is 21.1 Å². The maximum absolute atomic E-state index is 10.6. The molecule has 4 heteroatoms. The minimum absolute atomic E-state index is 0.311. The molecule has 1 aromatic rings. The van der Waals surface area contributed by atoms with Crippen molar-refractivity contribution in [3.8, 4) is 11.5 Å². The van der Waals surface area contributed by atoms with E-state index in [0.29, 0.717) is 11.5 Å². The van der Waals surface area contributed by atoms with Gasteiger partial charge in [0, 0.05) is 11.6 Å². The van der Waals surface area contributed by atoms with Gasteiger partial charge in [-0.3, -0.25) is 0 Å². The fourth-order valence-electron chi connectivity index (χ4n) is 1.15. The average Bonchev–Trinajstić information content (AvgIpc) is 2.20. The van der Waals surface area contributed by atoms with Crippen LogP contribution in [0.15, 0.2) is 24.3 Å². The van der Waals surface area contributed by atoms with Gasteiger partial charge in [-0.1, -0.05) is 18.2 Å². The summed E-state index contributed by atoms with van der Waals surface area (Å²) >= 11 is 5.11. The number of hydrogen-bond acceptors (Lipinski definition) is 3. The topological polar surface area (TPSA) is 35.5 Å². The van der Waals surface area contributed by atoms with Crippen molar-refractivity contribution < 1.29 is 14.3 Å². The molecule has 0 bridgehead atoms. The molecule has 15 heavy (non-hydrogen) atoms. The number of allylic oxidation sites excluding steroid dienone is 1. The number of benzene rings is 1. The first-order chi connectivity index (χ1) is 7.17. The van der Waals surface area contributed by atoms with Crippen LogP contribution in [0.2, 0.25) is 0 Å². The molecule has 0 unspecified atom stereocenters. The number of carbonyl (C=O) groups excluding carboxylic acids is 1. The monoisotopic (exact) mass is 226 g/mol. The minimum Gasteiger partial charge on any atom is -0.493 e. The first kappa shape index (κ1) is 11.6. The van der Waals surface area contributed by atoms with Crippen LogP contribution in [-0.2, 0) is 0 Å². The van der Waals surface area contributed by atoms with Gasteiger partial charge in [-0.15, -0.1) is 0 Å². The maximum atomic E-state index is 10.6. The fraction of sp³-hybridized carbons (Fsp3) is 0.182. The highest BCUT2D eigenvalue weighted by molar-refractivity contribution is 6.61. The largest absolute Gasteiger partial charge is 0.493 e. The highest BCUT2D eigenvalue weighted by atomic mass is 35.5. The van der Waals surface area contributed by atoms with Crippen molar-refractivity contribution in [2.45, 2.75) is 6.92 Å². The summed E-state index contributed by atoms with van der Waals surface area (Å²) in [5, 5.41) is 0. The number of hydrogen-bond donors (Lipinski definition) is 0. The van der Waals surface area contributed by atoms with Crippen molar-refractivity contribution in [3.63, 3.8) is 0 Å². The van der Waals surface area contributed by atoms with Crippen LogP contribution in [0.5, 0.6) is 11.5 Å². The van der Waals surface area contributed by atoms with Gasteiger partial charge in [-0.2, -0.15) is 0 Å². The quantitative estimate of drug-likeness (QED) is 0.741. The number of methoxy groups -OCH3 is 1. The number of ether oxygens (including phenoxy) is 2. The normalized spacial score (nSPS) is 10.3. The molecule has 0 aliphatic rings. The predicted molar refractivity (Wildman–Crippen MR) is 59.6 cm³/mol. The Morgan fingerprint density at radius 3 is 2.67 bits per heavy atom. The Morgan fingerprint density at radius 1 is 1.40 bits per heavy atom. The first-order valence-corrected chi connectivity index (χ1v) is 4.73. The molecule has 0 aliphatic heterocycles. The summed E-state index contributed by atoms with van der Waals surface area (Å²) in [4.78, 5) is 10.6. The van der Waals surface area contributed by atoms with E-state index in [0.717, 1.165) is 5.56 Å². The molecule has 0 atom stereocenters. The van der Waals surface area contributed by atoms with E-state index < -0.39 is 5.43 Å². The number of rotatable bonds is 3. The lowest BCUT2D eigenvalue weighted by molar-refractivity contribution is 0.223. The number of carbonyl (C=O) groups is 1. The van der Waals surface area contributed by atoms with E-state index in [9.17, 15) is 4.79 Å². The van der Waals surface area contributed by atoms with Gasteiger partial charge in [-0.05, 0) is 24.6 Å². The number of halogens is 1. The predicted octanol–water partition coefficient (Wildman–Crippen LogP) is 3.47. The van der Waals surface area contributed by atoms with Gasteiger partial charge < -0.3 is 9.47 Å². The van der Waals surface area contributed by atoms with Crippen molar-refractivity contribution >= 4 is 23.1 Å². The minimum atomic E-state index is -0.882. The van der Waals surface area contributed by atoms with E-state index in [1.165, 1.54) is 7.11 Å². The summed E-state index contributed by atoms with van der Waals surface area (Å²) in [6.45, 7) is 1.92. The molecule has 1 rings (SSSR count). The molecular weight excluding hydrogens is 216 g/mol. The van der Waals surface area contributed by atoms with E-state index in [1.54, 1.807) is 18.2 Å². The van der Waals surface area contributed by atoms with Crippen molar-refractivity contribution in [2.75, 3.05) is 7.11 Å². The van der Waals surface area contributed by atoms with Crippen molar-refractivity contribution in [3.05, 3.63) is 29.8 Å². The molecule has 0 N–H and O–H groups in total. The second kappa shape index (κ2) is 5.41. The summed E-state index contributed by atoms with van der Waals surface area (Å²) in [5.41, 5.74) is 0.0794. The summed E-state index contributed by atoms with van der Waals surface area (Å²) in [7, 11) is 1.50. The lowest BCUT2D eigenvalue weighted by Gasteiger charge is -2.07. The Morgan fingerprint density at radius 2 is 2.13 bits per heavy atom. The van der Waals surface area contributed by atoms with E-state index >= 15 is 0 Å². The smallest absolute Gasteiger partial charge is 0.409 e. The summed E-state index contributed by atoms with van der Waals surface area (Å²) in [5.74, 6) is 0.783. The van der Waals surface area contributed by atoms with Gasteiger partial charge >= 0.3 is 5.43 Å². The third kappa shape index (κ3) is 3.29. The van der Waals surface area contributed by atoms with Crippen LogP contribution in [0.4, 0.5) is 4.79 Å². The van der Waals surface area contributed by atoms with Gasteiger partial charge in [0.2, 0.25) is 0 Å². The van der Waals surface area contributed by atoms with Crippen molar-refractivity contribution in [1.29, 1.82) is 0 Å². The van der Waals surface area contributed by atoms with Crippen LogP contribution in [0, 0.1) is 0 Å². The molecule has 0 radical (unpaired) electrons. The molecule has 80 valence electrons. The second-order valence-electron chi connectivity index (χ2n) is 2.75. The van der Waals surface area contributed by atoms with Crippen LogP contribution in [0.25, 0.3) is 6.08 Å². The lowest BCUT2D eigenvalue weighted by atomic mass is 10.2. The summed E-state index contributed by atoms with van der Waals surface area (Å²) < 4.78 is 9.81. The van der Waals surface area contributed by atoms with Gasteiger partial charge in [0.25, 0.3) is 0 Å². The van der Waals surface area contributed by atoms with Gasteiger partial charge in [0.1, 0.15) is 0 Å². The molecule has 0 saturated heterocycles. The molecule has 0 aliphatic carbocycles. The Balaban J connectivity index is 3.03. The zero-order valence-corrected chi connectivity index (χ0v) is 9.25. The van der Waals surface area contributed by atoms with Crippen LogP contribution in [0.3, 0.4) is 0 Å². The van der Waals surface area contributed by atoms with Crippen LogP contribution in [0.1, 0.15) is 12.5 Å². The Labute approximate surface area is 93.3 Å². The molecule has 3 nitrogen and oxygen atoms in total. The van der Waals surface area contributed by atoms with Gasteiger partial charge in [-0.25, -0.2) is 4.79 Å². The van der Waals surface area contributed by atoms with Crippen molar-refractivity contribution in [1.82, 2.24) is 0 Å². The summed E-state index contributed by atoms with van der Waals surface area (Å²) in [6, 6.07) is 5.20. The lowest BCUT2D eigenvalue weighted by Crippen LogP contribution is -1.98. The Kier molecular flexibility index (Phi) is 4.18. The molecule has 1 aromatic carbocycles. The SMILES string of the molecule is C/C=C/c1ccc(OC(=O)Cl)c(OC)c1. The molecule has 0 spiro atoms. The highest BCUT2D eigenvalue weighted by Crippen LogP contribution is 2.29. The average molecular weight is 227 g/mol. The molecule has 0 aromatic heterocycles. The zero-order chi connectivity index (χ0) is 11.3. The molecule has 0 fully saturated rings. The Bertz CT molecular complexity index is 385. The third-order valence-corrected chi connectivity index (χ3v) is 1.81. The third-order valence-electron chi connectivity index (χ3n) is 1.74. The summed E-state index contributed by atoms with van der Waals surface area (Å²) in [6.07, 6.45) is 3.82. The zero-order valence-electron chi connectivity index (χ0n) is 8.49. The molecular formula is C11H11ClO3. The maximum Gasteiger partial charge on any atom is 0.409 e. The molecule has 0 amide bonds. The first-order valence-electron chi connectivity index (χ1n) is 4.35. The van der Waals surface area contributed by atoms with Crippen LogP contribution >= 0.6 is 11.6 Å². The van der Waals surface area contributed by atoms with E-state index in [2.05, 4.69) is 0 Å². The standard InChI is InChI=1S/C11H11ClO3/c1-3-4-8-5-6-9(15-11(12)13)10(7-8)14-2/h3-7H,1-2H3/b4-3+. The van der Waals surface area contributed by atoms with Crippen molar-refractivity contribution in [2.24, 2.45) is 0 Å². The molecule has 0 saturated carbocycles. The molecule has 0 heterocycles. The van der Waals surface area contributed by atoms with E-state index in [-0.39, 0.29) is 0 Å². The van der Waals surface area contributed by atoms with Gasteiger partial charge in [0.05, 0.1) is 7.11 Å². The van der Waals surface area contributed by atoms with Crippen LogP contribution in [-0.4, -0.2) is 12.5 Å². The fourth-order valence-corrected chi connectivity index (χ4v) is 1.23. The van der Waals surface area contributed by atoms with E-state index in [1.807, 2.05) is 19.1 Å². The van der Waals surface area contributed by atoms with Gasteiger partial charge in [0.15, 0.2) is 11.5 Å². The second-order valence-corrected chi connectivity index (χ2v) is 3.06.